The van der Waals surface area contributed by atoms with Crippen molar-refractivity contribution >= 4 is 11.5 Å². The first-order valence-electron chi connectivity index (χ1n) is 7.79. The van der Waals surface area contributed by atoms with Gasteiger partial charge < -0.3 is 9.47 Å². The van der Waals surface area contributed by atoms with Crippen LogP contribution in [-0.2, 0) is 9.47 Å². The van der Waals surface area contributed by atoms with Crippen molar-refractivity contribution < 1.29 is 9.47 Å². The maximum Gasteiger partial charge on any atom is 0.168 e. The molecule has 2 aromatic rings. The number of ether oxygens (including phenoxy) is 2. The van der Waals surface area contributed by atoms with Crippen LogP contribution in [0.4, 0.5) is 0 Å². The molecule has 22 heavy (non-hydrogen) atoms. The van der Waals surface area contributed by atoms with Crippen LogP contribution in [0.15, 0.2) is 48.5 Å². The molecule has 0 spiro atoms. The Balaban J connectivity index is 2.61. The molecule has 0 aliphatic heterocycles. The predicted octanol–water partition coefficient (Wildman–Crippen LogP) is 5.20. The average molecular weight is 296 g/mol. The van der Waals surface area contributed by atoms with Gasteiger partial charge in [0.2, 0.25) is 0 Å². The third kappa shape index (κ3) is 3.91. The van der Waals surface area contributed by atoms with E-state index in [1.165, 1.54) is 11.1 Å². The first-order chi connectivity index (χ1) is 10.7. The van der Waals surface area contributed by atoms with Gasteiger partial charge in [-0.3, -0.25) is 0 Å². The molecular weight excluding hydrogens is 272 g/mol. The van der Waals surface area contributed by atoms with Crippen molar-refractivity contribution in [1.82, 2.24) is 0 Å². The first kappa shape index (κ1) is 16.2. The molecule has 0 heterocycles. The maximum absolute atomic E-state index is 5.95. The van der Waals surface area contributed by atoms with Crippen molar-refractivity contribution in [3.63, 3.8) is 0 Å². The topological polar surface area (TPSA) is 18.5 Å². The lowest BCUT2D eigenvalue weighted by atomic mass is 10.0. The highest BCUT2D eigenvalue weighted by atomic mass is 16.5. The van der Waals surface area contributed by atoms with Crippen molar-refractivity contribution in [3.8, 4) is 0 Å². The molecule has 0 amide bonds. The van der Waals surface area contributed by atoms with Gasteiger partial charge in [-0.25, -0.2) is 0 Å². The summed E-state index contributed by atoms with van der Waals surface area (Å²) in [4.78, 5) is 0. The zero-order chi connectivity index (χ0) is 15.9. The van der Waals surface area contributed by atoms with Gasteiger partial charge >= 0.3 is 0 Å². The molecule has 2 nitrogen and oxygen atoms in total. The molecule has 2 aromatic carbocycles. The van der Waals surface area contributed by atoms with Crippen LogP contribution in [0.25, 0.3) is 11.5 Å². The van der Waals surface area contributed by atoms with Crippen LogP contribution < -0.4 is 0 Å². The molecule has 0 aromatic heterocycles. The molecule has 2 rings (SSSR count). The van der Waals surface area contributed by atoms with Gasteiger partial charge in [0.1, 0.15) is 0 Å². The van der Waals surface area contributed by atoms with E-state index < -0.39 is 0 Å². The highest BCUT2D eigenvalue weighted by molar-refractivity contribution is 5.84. The van der Waals surface area contributed by atoms with Crippen LogP contribution in [0, 0.1) is 13.8 Å². The minimum Gasteiger partial charge on any atom is -0.489 e. The lowest BCUT2D eigenvalue weighted by Crippen LogP contribution is -2.01. The van der Waals surface area contributed by atoms with E-state index in [0.717, 1.165) is 22.6 Å². The summed E-state index contributed by atoms with van der Waals surface area (Å²) in [6, 6.07) is 16.6. The second-order valence-corrected chi connectivity index (χ2v) is 5.26. The summed E-state index contributed by atoms with van der Waals surface area (Å²) in [6.07, 6.45) is 0. The third-order valence-corrected chi connectivity index (χ3v) is 3.34. The van der Waals surface area contributed by atoms with Crippen LogP contribution in [0.5, 0.6) is 0 Å². The van der Waals surface area contributed by atoms with Crippen LogP contribution in [0.3, 0.4) is 0 Å². The average Bonchev–Trinajstić information content (AvgIpc) is 2.51. The number of aryl methyl sites for hydroxylation is 2. The molecule has 0 bridgehead atoms. The van der Waals surface area contributed by atoms with Crippen molar-refractivity contribution in [1.29, 1.82) is 0 Å². The van der Waals surface area contributed by atoms with E-state index in [1.807, 2.05) is 26.0 Å². The Labute approximate surface area is 133 Å². The Morgan fingerprint density at radius 2 is 1.14 bits per heavy atom. The Morgan fingerprint density at radius 1 is 0.727 bits per heavy atom. The Kier molecular flexibility index (Phi) is 5.65. The fraction of sp³-hybridized carbons (Fsp3) is 0.300. The lowest BCUT2D eigenvalue weighted by Gasteiger charge is -2.17. The highest BCUT2D eigenvalue weighted by Gasteiger charge is 2.15. The molecule has 0 aliphatic rings. The highest BCUT2D eigenvalue weighted by Crippen LogP contribution is 2.29. The van der Waals surface area contributed by atoms with Crippen molar-refractivity contribution in [3.05, 3.63) is 70.8 Å². The van der Waals surface area contributed by atoms with Crippen LogP contribution in [0.2, 0.25) is 0 Å². The quantitative estimate of drug-likeness (QED) is 0.538. The molecule has 0 saturated heterocycles. The fourth-order valence-electron chi connectivity index (χ4n) is 2.42. The predicted molar refractivity (Wildman–Crippen MR) is 92.4 cm³/mol. The summed E-state index contributed by atoms with van der Waals surface area (Å²) in [5.74, 6) is 1.61. The zero-order valence-corrected chi connectivity index (χ0v) is 13.8. The van der Waals surface area contributed by atoms with Crippen LogP contribution in [-0.4, -0.2) is 13.2 Å². The minimum absolute atomic E-state index is 0.603. The van der Waals surface area contributed by atoms with Crippen LogP contribution >= 0.6 is 0 Å². The Morgan fingerprint density at radius 3 is 1.45 bits per heavy atom. The third-order valence-electron chi connectivity index (χ3n) is 3.34. The number of hydrogen-bond acceptors (Lipinski definition) is 2. The second-order valence-electron chi connectivity index (χ2n) is 5.26. The van der Waals surface area contributed by atoms with Gasteiger partial charge in [0.25, 0.3) is 0 Å². The standard InChI is InChI=1S/C20H24O2/c1-5-21-19(17-11-7-9-15(3)13-17)20(22-6-2)18-12-8-10-16(4)14-18/h7-14H,5-6H2,1-4H3/b20-19+. The van der Waals surface area contributed by atoms with E-state index in [4.69, 9.17) is 9.47 Å². The summed E-state index contributed by atoms with van der Waals surface area (Å²) in [5, 5.41) is 0. The van der Waals surface area contributed by atoms with Crippen LogP contribution in [0.1, 0.15) is 36.1 Å². The molecule has 0 fully saturated rings. The fourth-order valence-corrected chi connectivity index (χ4v) is 2.42. The second kappa shape index (κ2) is 7.69. The number of hydrogen-bond donors (Lipinski definition) is 0. The van der Waals surface area contributed by atoms with Gasteiger partial charge in [-0.15, -0.1) is 0 Å². The molecule has 2 heteroatoms. The number of rotatable bonds is 6. The summed E-state index contributed by atoms with van der Waals surface area (Å²) >= 11 is 0. The molecule has 0 N–H and O–H groups in total. The Hall–Kier alpha value is -2.22. The molecule has 0 unspecified atom stereocenters. The monoisotopic (exact) mass is 296 g/mol. The molecule has 0 radical (unpaired) electrons. The summed E-state index contributed by atoms with van der Waals surface area (Å²) in [6.45, 7) is 9.36. The van der Waals surface area contributed by atoms with Gasteiger partial charge in [-0.1, -0.05) is 47.5 Å². The van der Waals surface area contributed by atoms with E-state index in [9.17, 15) is 0 Å². The van der Waals surface area contributed by atoms with Crippen molar-refractivity contribution in [2.24, 2.45) is 0 Å². The molecule has 116 valence electrons. The smallest absolute Gasteiger partial charge is 0.168 e. The molecule has 0 aliphatic carbocycles. The molecular formula is C20H24O2. The normalized spacial score (nSPS) is 11.8. The zero-order valence-electron chi connectivity index (χ0n) is 13.8. The number of benzene rings is 2. The van der Waals surface area contributed by atoms with Gasteiger partial charge in [-0.2, -0.15) is 0 Å². The first-order valence-corrected chi connectivity index (χ1v) is 7.79. The van der Waals surface area contributed by atoms with E-state index in [2.05, 4.69) is 50.2 Å². The van der Waals surface area contributed by atoms with Crippen molar-refractivity contribution in [2.45, 2.75) is 27.7 Å². The minimum atomic E-state index is 0.603. The summed E-state index contributed by atoms with van der Waals surface area (Å²) < 4.78 is 11.9. The van der Waals surface area contributed by atoms with E-state index in [0.29, 0.717) is 13.2 Å². The van der Waals surface area contributed by atoms with Gasteiger partial charge in [0, 0.05) is 11.1 Å². The summed E-state index contributed by atoms with van der Waals surface area (Å²) in [7, 11) is 0. The SMILES string of the molecule is CCO/C(=C(/OCC)c1cccc(C)c1)c1cccc(C)c1. The van der Waals surface area contributed by atoms with Crippen molar-refractivity contribution in [2.75, 3.05) is 13.2 Å². The van der Waals surface area contributed by atoms with E-state index in [-0.39, 0.29) is 0 Å². The van der Waals surface area contributed by atoms with E-state index in [1.54, 1.807) is 0 Å². The lowest BCUT2D eigenvalue weighted by molar-refractivity contribution is 0.261. The van der Waals surface area contributed by atoms with Gasteiger partial charge in [0.05, 0.1) is 13.2 Å². The largest absolute Gasteiger partial charge is 0.489 e. The van der Waals surface area contributed by atoms with E-state index >= 15 is 0 Å². The Bertz CT molecular complexity index is 599. The van der Waals surface area contributed by atoms with Gasteiger partial charge in [-0.05, 0) is 39.8 Å². The summed E-state index contributed by atoms with van der Waals surface area (Å²) in [5.41, 5.74) is 4.50. The molecule has 0 atom stereocenters. The maximum atomic E-state index is 5.95. The molecule has 0 saturated carbocycles. The van der Waals surface area contributed by atoms with Gasteiger partial charge in [0.15, 0.2) is 11.5 Å².